The van der Waals surface area contributed by atoms with Crippen molar-refractivity contribution in [1.29, 1.82) is 0 Å². The van der Waals surface area contributed by atoms with Gasteiger partial charge in [0.05, 0.1) is 5.69 Å². The van der Waals surface area contributed by atoms with Crippen molar-refractivity contribution in [3.8, 4) is 22.3 Å². The smallest absolute Gasteiger partial charge is 0.0540 e. The van der Waals surface area contributed by atoms with Crippen LogP contribution in [0.5, 0.6) is 0 Å². The van der Waals surface area contributed by atoms with E-state index < -0.39 is 0 Å². The number of hydrogen-bond acceptors (Lipinski definition) is 2. The molecule has 1 heterocycles. The first-order chi connectivity index (χ1) is 26.8. The Kier molecular flexibility index (Phi) is 7.11. The van der Waals surface area contributed by atoms with Gasteiger partial charge in [-0.2, -0.15) is 0 Å². The maximum absolute atomic E-state index is 2.45. The summed E-state index contributed by atoms with van der Waals surface area (Å²) in [5.74, 6) is 0. The highest BCUT2D eigenvalue weighted by Crippen LogP contribution is 2.46. The van der Waals surface area contributed by atoms with Gasteiger partial charge in [-0.15, -0.1) is 11.3 Å². The highest BCUT2D eigenvalue weighted by Gasteiger charge is 2.19. The summed E-state index contributed by atoms with van der Waals surface area (Å²) in [4.78, 5) is 2.45. The fourth-order valence-corrected chi connectivity index (χ4v) is 9.57. The third-order valence-corrected chi connectivity index (χ3v) is 12.1. The van der Waals surface area contributed by atoms with Crippen LogP contribution >= 0.6 is 11.3 Å². The average Bonchev–Trinajstić information content (AvgIpc) is 3.59. The van der Waals surface area contributed by atoms with Crippen LogP contribution in [0.15, 0.2) is 200 Å². The fourth-order valence-electron chi connectivity index (χ4n) is 8.45. The molecule has 0 aliphatic carbocycles. The highest BCUT2D eigenvalue weighted by molar-refractivity contribution is 7.25. The molecule has 1 aromatic heterocycles. The van der Waals surface area contributed by atoms with Gasteiger partial charge in [-0.1, -0.05) is 146 Å². The first kappa shape index (κ1) is 30.8. The second-order valence-corrected chi connectivity index (χ2v) is 15.2. The molecule has 0 aliphatic heterocycles. The van der Waals surface area contributed by atoms with E-state index in [4.69, 9.17) is 0 Å². The molecule has 11 rings (SSSR count). The van der Waals surface area contributed by atoms with Gasteiger partial charge in [0.15, 0.2) is 0 Å². The minimum absolute atomic E-state index is 1.12. The van der Waals surface area contributed by atoms with Crippen molar-refractivity contribution in [2.24, 2.45) is 0 Å². The molecule has 0 N–H and O–H groups in total. The van der Waals surface area contributed by atoms with Crippen LogP contribution in [0.4, 0.5) is 17.1 Å². The van der Waals surface area contributed by atoms with Gasteiger partial charge in [0.25, 0.3) is 0 Å². The molecule has 2 heteroatoms. The Bertz CT molecular complexity index is 3210. The standard InChI is InChI=1S/C52H33NS/c1-2-12-34(13-3-1)35-24-26-39(27-25-35)53(40-28-29-51-49(33-40)48-30-36-14-4-5-15-37(36)32-52(48)54-51)50-23-11-21-43-45(20-10-22-46(43)50)47-31-38-16-6-7-17-41(38)42-18-8-9-19-44(42)47/h1-33H. The first-order valence-corrected chi connectivity index (χ1v) is 19.3. The highest BCUT2D eigenvalue weighted by atomic mass is 32.1. The third-order valence-electron chi connectivity index (χ3n) is 11.0. The van der Waals surface area contributed by atoms with Crippen LogP contribution in [0, 0.1) is 0 Å². The van der Waals surface area contributed by atoms with Crippen LogP contribution in [0.1, 0.15) is 0 Å². The summed E-state index contributed by atoms with van der Waals surface area (Å²) < 4.78 is 2.61. The molecule has 0 atom stereocenters. The number of rotatable bonds is 5. The van der Waals surface area contributed by atoms with Gasteiger partial charge in [0, 0.05) is 36.9 Å². The van der Waals surface area contributed by atoms with Gasteiger partial charge in [-0.25, -0.2) is 0 Å². The van der Waals surface area contributed by atoms with E-state index in [1.165, 1.54) is 85.5 Å². The molecule has 0 bridgehead atoms. The molecule has 0 radical (unpaired) electrons. The summed E-state index contributed by atoms with van der Waals surface area (Å²) in [6.07, 6.45) is 0. The van der Waals surface area contributed by atoms with Crippen molar-refractivity contribution in [1.82, 2.24) is 0 Å². The largest absolute Gasteiger partial charge is 0.310 e. The summed E-state index contributed by atoms with van der Waals surface area (Å²) in [7, 11) is 0. The van der Waals surface area contributed by atoms with E-state index in [-0.39, 0.29) is 0 Å². The number of nitrogens with zero attached hydrogens (tertiary/aromatic N) is 1. The second-order valence-electron chi connectivity index (χ2n) is 14.1. The SMILES string of the molecule is c1ccc(-c2ccc(N(c3ccc4sc5cc6ccccc6cc5c4c3)c3cccc4c(-c5cc6ccccc6c6ccccc56)cccc34)cc2)cc1. The van der Waals surface area contributed by atoms with E-state index in [9.17, 15) is 0 Å². The molecule has 0 saturated heterocycles. The molecular weight excluding hydrogens is 671 g/mol. The van der Waals surface area contributed by atoms with Crippen LogP contribution in [-0.4, -0.2) is 0 Å². The molecular formula is C52H33NS. The van der Waals surface area contributed by atoms with Crippen molar-refractivity contribution in [2.45, 2.75) is 0 Å². The monoisotopic (exact) mass is 703 g/mol. The number of benzene rings is 10. The Labute approximate surface area is 317 Å². The average molecular weight is 704 g/mol. The minimum Gasteiger partial charge on any atom is -0.310 e. The van der Waals surface area contributed by atoms with E-state index in [0.717, 1.165) is 17.1 Å². The predicted molar refractivity (Wildman–Crippen MR) is 235 cm³/mol. The van der Waals surface area contributed by atoms with Crippen LogP contribution in [0.3, 0.4) is 0 Å². The van der Waals surface area contributed by atoms with Gasteiger partial charge >= 0.3 is 0 Å². The quantitative estimate of drug-likeness (QED) is 0.161. The zero-order valence-electron chi connectivity index (χ0n) is 29.4. The lowest BCUT2D eigenvalue weighted by Gasteiger charge is -2.27. The Hall–Kier alpha value is -6.74. The van der Waals surface area contributed by atoms with Crippen molar-refractivity contribution >= 4 is 91.7 Å². The molecule has 54 heavy (non-hydrogen) atoms. The molecule has 0 aliphatic rings. The molecule has 0 unspecified atom stereocenters. The van der Waals surface area contributed by atoms with Crippen molar-refractivity contribution < 1.29 is 0 Å². The van der Waals surface area contributed by atoms with Crippen LogP contribution in [0.2, 0.25) is 0 Å². The third kappa shape index (κ3) is 4.99. The zero-order valence-corrected chi connectivity index (χ0v) is 30.2. The van der Waals surface area contributed by atoms with Gasteiger partial charge in [0.2, 0.25) is 0 Å². The van der Waals surface area contributed by atoms with E-state index in [2.05, 4.69) is 205 Å². The Morgan fingerprint density at radius 3 is 1.72 bits per heavy atom. The second kappa shape index (κ2) is 12.4. The van der Waals surface area contributed by atoms with E-state index >= 15 is 0 Å². The maximum Gasteiger partial charge on any atom is 0.0540 e. The fraction of sp³-hybridized carbons (Fsp3) is 0. The lowest BCUT2D eigenvalue weighted by Crippen LogP contribution is -2.10. The van der Waals surface area contributed by atoms with Gasteiger partial charge < -0.3 is 4.90 Å². The minimum atomic E-state index is 1.12. The zero-order chi connectivity index (χ0) is 35.6. The summed E-state index contributed by atoms with van der Waals surface area (Å²) in [6.45, 7) is 0. The number of fused-ring (bicyclic) bond motifs is 8. The van der Waals surface area contributed by atoms with Crippen LogP contribution in [0.25, 0.3) is 85.5 Å². The molecule has 10 aromatic carbocycles. The molecule has 11 aromatic rings. The molecule has 252 valence electrons. The van der Waals surface area contributed by atoms with Crippen LogP contribution < -0.4 is 4.90 Å². The van der Waals surface area contributed by atoms with E-state index in [1.807, 2.05) is 11.3 Å². The topological polar surface area (TPSA) is 3.24 Å². The van der Waals surface area contributed by atoms with E-state index in [1.54, 1.807) is 0 Å². The lowest BCUT2D eigenvalue weighted by atomic mass is 9.90. The Morgan fingerprint density at radius 1 is 0.296 bits per heavy atom. The number of anilines is 3. The lowest BCUT2D eigenvalue weighted by molar-refractivity contribution is 1.30. The molecule has 0 spiro atoms. The Morgan fingerprint density at radius 2 is 0.889 bits per heavy atom. The van der Waals surface area contributed by atoms with Crippen molar-refractivity contribution in [3.63, 3.8) is 0 Å². The molecule has 0 saturated carbocycles. The summed E-state index contributed by atoms with van der Waals surface area (Å²) >= 11 is 1.87. The number of thiophene rings is 1. The van der Waals surface area contributed by atoms with Crippen LogP contribution in [-0.2, 0) is 0 Å². The molecule has 0 amide bonds. The van der Waals surface area contributed by atoms with Gasteiger partial charge in [0.1, 0.15) is 0 Å². The van der Waals surface area contributed by atoms with Gasteiger partial charge in [-0.3, -0.25) is 0 Å². The summed E-state index contributed by atoms with van der Waals surface area (Å²) in [5.41, 5.74) is 8.31. The maximum atomic E-state index is 2.45. The number of hydrogen-bond donors (Lipinski definition) is 0. The van der Waals surface area contributed by atoms with Gasteiger partial charge in [-0.05, 0) is 115 Å². The first-order valence-electron chi connectivity index (χ1n) is 18.5. The predicted octanol–water partition coefficient (Wildman–Crippen LogP) is 15.5. The van der Waals surface area contributed by atoms with E-state index in [0.29, 0.717) is 0 Å². The van der Waals surface area contributed by atoms with Crippen molar-refractivity contribution in [3.05, 3.63) is 200 Å². The summed E-state index contributed by atoms with van der Waals surface area (Å²) in [6, 6.07) is 73.6. The molecule has 1 nitrogen and oxygen atoms in total. The molecule has 0 fully saturated rings. The van der Waals surface area contributed by atoms with Crippen molar-refractivity contribution in [2.75, 3.05) is 4.90 Å². The normalized spacial score (nSPS) is 11.7. The summed E-state index contributed by atoms with van der Waals surface area (Å²) in [5, 5.41) is 12.7. The Balaban J connectivity index is 1.14.